The monoisotopic (exact) mass is 628 g/mol. The van der Waals surface area contributed by atoms with Gasteiger partial charge in [0.25, 0.3) is 0 Å². The van der Waals surface area contributed by atoms with Crippen LogP contribution in [0.15, 0.2) is 24.3 Å². The number of thioether (sulfide) groups is 1. The van der Waals surface area contributed by atoms with Gasteiger partial charge in [-0.15, -0.1) is 0 Å². The molecule has 0 aliphatic carbocycles. The molecule has 1 fully saturated rings. The maximum Gasteiger partial charge on any atom is 0.303 e. The van der Waals surface area contributed by atoms with Gasteiger partial charge in [0.1, 0.15) is 0 Å². The van der Waals surface area contributed by atoms with Crippen LogP contribution < -0.4 is 0 Å². The number of aromatic nitrogens is 4. The minimum absolute atomic E-state index is 0.0113. The fourth-order valence-electron chi connectivity index (χ4n) is 6.41. The number of carboxylic acids is 2. The maximum absolute atomic E-state index is 11.6. The molecule has 0 spiro atoms. The molecule has 3 aliphatic heterocycles. The molecular weight excluding hydrogens is 593 g/mol. The van der Waals surface area contributed by atoms with Crippen molar-refractivity contribution in [1.29, 1.82) is 0 Å². The number of rotatable bonds is 8. The molecule has 0 amide bonds. The van der Waals surface area contributed by atoms with Crippen LogP contribution in [0.5, 0.6) is 0 Å². The fourth-order valence-corrected chi connectivity index (χ4v) is 7.47. The molecule has 8 bridgehead atoms. The Kier molecular flexibility index (Phi) is 8.00. The summed E-state index contributed by atoms with van der Waals surface area (Å²) in [6, 6.07) is 8.19. The lowest BCUT2D eigenvalue weighted by atomic mass is 9.99. The van der Waals surface area contributed by atoms with Gasteiger partial charge in [0.2, 0.25) is 0 Å². The highest BCUT2D eigenvalue weighted by atomic mass is 32.2. The van der Waals surface area contributed by atoms with Crippen molar-refractivity contribution in [3.05, 3.63) is 69.3 Å². The zero-order valence-electron chi connectivity index (χ0n) is 25.5. The lowest BCUT2D eigenvalue weighted by molar-refractivity contribution is -0.137. The summed E-state index contributed by atoms with van der Waals surface area (Å²) in [4.78, 5) is 40.5. The molecular formula is C34H36N4O4S2. The van der Waals surface area contributed by atoms with E-state index in [1.54, 1.807) is 0 Å². The van der Waals surface area contributed by atoms with Gasteiger partial charge in [-0.05, 0) is 116 Å². The van der Waals surface area contributed by atoms with E-state index in [9.17, 15) is 19.8 Å². The van der Waals surface area contributed by atoms with Gasteiger partial charge in [0, 0.05) is 51.2 Å². The number of nitrogens with zero attached hydrogens (tertiary/aromatic N) is 2. The number of thiol groups is 1. The summed E-state index contributed by atoms with van der Waals surface area (Å²) in [6.45, 7) is 10.3. The number of carboxylic acid groups (broad SMARTS) is 2. The number of allylic oxidation sites excluding steroid dienone is 3. The van der Waals surface area contributed by atoms with E-state index in [-0.39, 0.29) is 18.1 Å². The van der Waals surface area contributed by atoms with E-state index in [0.29, 0.717) is 23.8 Å². The van der Waals surface area contributed by atoms with Crippen LogP contribution >= 0.6 is 24.4 Å². The quantitative estimate of drug-likeness (QED) is 0.127. The van der Waals surface area contributed by atoms with Gasteiger partial charge in [0.15, 0.2) is 0 Å². The van der Waals surface area contributed by atoms with Crippen LogP contribution in [0.1, 0.15) is 90.3 Å². The van der Waals surface area contributed by atoms with Crippen molar-refractivity contribution in [1.82, 2.24) is 19.9 Å². The summed E-state index contributed by atoms with van der Waals surface area (Å²) in [7, 11) is 0. The molecule has 6 heterocycles. The number of fused-ring (bicyclic) bond motifs is 8. The number of carbonyl (C=O) groups is 2. The third kappa shape index (κ3) is 5.61. The first-order chi connectivity index (χ1) is 20.9. The molecule has 1 saturated heterocycles. The highest BCUT2D eigenvalue weighted by Crippen LogP contribution is 2.47. The van der Waals surface area contributed by atoms with Gasteiger partial charge in [-0.1, -0.05) is 0 Å². The lowest BCUT2D eigenvalue weighted by Gasteiger charge is -2.04. The highest BCUT2D eigenvalue weighted by Gasteiger charge is 2.33. The Morgan fingerprint density at radius 2 is 1.43 bits per heavy atom. The van der Waals surface area contributed by atoms with E-state index in [0.717, 1.165) is 83.9 Å². The van der Waals surface area contributed by atoms with Crippen LogP contribution in [-0.2, 0) is 16.0 Å². The zero-order valence-corrected chi connectivity index (χ0v) is 27.2. The third-order valence-electron chi connectivity index (χ3n) is 8.89. The van der Waals surface area contributed by atoms with Gasteiger partial charge in [0.05, 0.1) is 22.8 Å². The molecule has 0 unspecified atom stereocenters. The average molecular weight is 629 g/mol. The molecule has 8 nitrogen and oxygen atoms in total. The van der Waals surface area contributed by atoms with Crippen LogP contribution in [0.4, 0.5) is 0 Å². The largest absolute Gasteiger partial charge is 0.481 e. The molecule has 0 radical (unpaired) electrons. The Morgan fingerprint density at radius 1 is 0.841 bits per heavy atom. The predicted octanol–water partition coefficient (Wildman–Crippen LogP) is 7.78. The molecule has 2 atom stereocenters. The first kappa shape index (κ1) is 30.3. The first-order valence-electron chi connectivity index (χ1n) is 14.8. The molecule has 3 aromatic rings. The Bertz CT molecular complexity index is 1960. The van der Waals surface area contributed by atoms with Crippen molar-refractivity contribution in [2.45, 2.75) is 70.8 Å². The second kappa shape index (κ2) is 11.6. The van der Waals surface area contributed by atoms with Gasteiger partial charge in [-0.2, -0.15) is 24.4 Å². The summed E-state index contributed by atoms with van der Waals surface area (Å²) in [5, 5.41) is 19.4. The van der Waals surface area contributed by atoms with Crippen molar-refractivity contribution in [3.63, 3.8) is 0 Å². The normalized spacial score (nSPS) is 16.9. The Hall–Kier alpha value is -3.76. The number of nitrogens with one attached hydrogen (secondary N) is 2. The number of H-pyrrole nitrogens is 2. The smallest absolute Gasteiger partial charge is 0.303 e. The third-order valence-corrected chi connectivity index (χ3v) is 10.0. The van der Waals surface area contributed by atoms with Crippen LogP contribution in [-0.4, -0.2) is 53.1 Å². The van der Waals surface area contributed by atoms with E-state index in [2.05, 4.69) is 42.9 Å². The molecule has 44 heavy (non-hydrogen) atoms. The predicted molar refractivity (Wildman–Crippen MR) is 182 cm³/mol. The SMILES string of the molecule is CC1=C(CCC(=O)O)c2cc3[nH]c(cc4[nH]c(cc5nc(cc1n2)C(C)=C5[C@@H]1CS1)c(C)c4[C@H](C)S)c(C)c3CCC(=O)O. The lowest BCUT2D eigenvalue weighted by Crippen LogP contribution is -1.98. The van der Waals surface area contributed by atoms with Crippen molar-refractivity contribution in [3.8, 4) is 0 Å². The summed E-state index contributed by atoms with van der Waals surface area (Å²) < 4.78 is 0. The standard InChI is InChI=1S/C34H36N4O4S2/c1-15-20(6-8-31(39)40)26-13-27-21(7-9-32(41)42)16(2)23(36-27)11-28-33(19(5)43)17(3)25(37-28)12-29-34(30-14-44-30)18(4)24(38-29)10-22(15)35-26/h10-13,19,30,36-37,43H,6-9,14H2,1-5H3,(H,39,40)(H,41,42)/t19-,30-/m0/s1. The van der Waals surface area contributed by atoms with Gasteiger partial charge < -0.3 is 20.2 Å². The Labute approximate surface area is 265 Å². The molecule has 6 rings (SSSR count). The first-order valence-corrected chi connectivity index (χ1v) is 16.4. The van der Waals surface area contributed by atoms with Gasteiger partial charge in [-0.25, -0.2) is 9.97 Å². The van der Waals surface area contributed by atoms with Crippen molar-refractivity contribution in [2.24, 2.45) is 0 Å². The van der Waals surface area contributed by atoms with E-state index in [4.69, 9.17) is 22.6 Å². The number of hydrogen-bond donors (Lipinski definition) is 5. The van der Waals surface area contributed by atoms with Crippen molar-refractivity contribution < 1.29 is 19.8 Å². The Balaban J connectivity index is 1.74. The number of aryl methyl sites for hydroxylation is 3. The molecule has 228 valence electrons. The van der Waals surface area contributed by atoms with Gasteiger partial charge in [-0.3, -0.25) is 9.59 Å². The van der Waals surface area contributed by atoms with Crippen LogP contribution in [0, 0.1) is 13.8 Å². The van der Waals surface area contributed by atoms with Crippen LogP contribution in [0.2, 0.25) is 0 Å². The molecule has 4 N–H and O–H groups in total. The van der Waals surface area contributed by atoms with E-state index < -0.39 is 11.9 Å². The minimum atomic E-state index is -0.870. The van der Waals surface area contributed by atoms with E-state index >= 15 is 0 Å². The van der Waals surface area contributed by atoms with Crippen molar-refractivity contribution in [2.75, 3.05) is 5.75 Å². The van der Waals surface area contributed by atoms with Gasteiger partial charge >= 0.3 is 11.9 Å². The summed E-state index contributed by atoms with van der Waals surface area (Å²) in [6.07, 6.45) is 0.653. The average Bonchev–Trinajstić information content (AvgIpc) is 3.49. The minimum Gasteiger partial charge on any atom is -0.481 e. The molecule has 0 saturated carbocycles. The second-order valence-corrected chi connectivity index (χ2v) is 13.8. The molecule has 3 aromatic heterocycles. The molecule has 0 aromatic carbocycles. The topological polar surface area (TPSA) is 132 Å². The molecule has 3 aliphatic rings. The van der Waals surface area contributed by atoms with Crippen LogP contribution in [0.3, 0.4) is 0 Å². The number of aliphatic carboxylic acids is 2. The van der Waals surface area contributed by atoms with E-state index in [1.807, 2.05) is 37.7 Å². The fraction of sp³-hybridized carbons (Fsp3) is 0.353. The number of aromatic amines is 2. The number of hydrogen-bond acceptors (Lipinski definition) is 6. The zero-order chi connectivity index (χ0) is 31.4. The second-order valence-electron chi connectivity index (χ2n) is 11.8. The summed E-state index contributed by atoms with van der Waals surface area (Å²) in [5.41, 5.74) is 15.1. The molecule has 10 heteroatoms. The maximum atomic E-state index is 11.6. The highest BCUT2D eigenvalue weighted by molar-refractivity contribution is 8.07. The Morgan fingerprint density at radius 3 is 2.09 bits per heavy atom. The van der Waals surface area contributed by atoms with Crippen LogP contribution in [0.25, 0.3) is 44.4 Å². The van der Waals surface area contributed by atoms with Crippen molar-refractivity contribution >= 4 is 80.7 Å². The summed E-state index contributed by atoms with van der Waals surface area (Å²) in [5.74, 6) is -0.669. The summed E-state index contributed by atoms with van der Waals surface area (Å²) >= 11 is 6.75. The van der Waals surface area contributed by atoms with E-state index in [1.165, 1.54) is 5.57 Å².